The van der Waals surface area contributed by atoms with Gasteiger partial charge in [-0.15, -0.1) is 11.3 Å². The van der Waals surface area contributed by atoms with Crippen LogP contribution in [0.5, 0.6) is 0 Å². The first-order chi connectivity index (χ1) is 11.2. The van der Waals surface area contributed by atoms with E-state index >= 15 is 0 Å². The molecule has 23 heavy (non-hydrogen) atoms. The minimum atomic E-state index is 0.0489. The number of carbonyl (C=O) groups is 1. The smallest absolute Gasteiger partial charge is 0.278 e. The van der Waals surface area contributed by atoms with Gasteiger partial charge in [0, 0.05) is 6.04 Å². The van der Waals surface area contributed by atoms with E-state index in [1.54, 1.807) is 0 Å². The molecule has 1 aromatic carbocycles. The normalized spacial score (nSPS) is 26.1. The molecule has 1 unspecified atom stereocenters. The van der Waals surface area contributed by atoms with Crippen molar-refractivity contribution in [1.82, 2.24) is 10.3 Å². The Morgan fingerprint density at radius 1 is 1.35 bits per heavy atom. The highest BCUT2D eigenvalue weighted by Crippen LogP contribution is 2.30. The molecule has 1 aliphatic heterocycles. The zero-order valence-electron chi connectivity index (χ0n) is 13.5. The maximum atomic E-state index is 12.3. The van der Waals surface area contributed by atoms with E-state index in [0.717, 1.165) is 31.4 Å². The number of aromatic nitrogens is 1. The third-order valence-electron chi connectivity index (χ3n) is 5.15. The number of nitrogens with one attached hydrogen (secondary N) is 2. The third kappa shape index (κ3) is 3.26. The van der Waals surface area contributed by atoms with Crippen molar-refractivity contribution in [1.29, 1.82) is 0 Å². The predicted octanol–water partition coefficient (Wildman–Crippen LogP) is 1.73. The summed E-state index contributed by atoms with van der Waals surface area (Å²) in [6, 6.07) is 8.87. The Labute approximate surface area is 140 Å². The number of hydrogen-bond donors (Lipinski definition) is 2. The first kappa shape index (κ1) is 15.1. The zero-order chi connectivity index (χ0) is 15.8. The second-order valence-corrected chi connectivity index (χ2v) is 8.04. The number of piperidine rings is 1. The summed E-state index contributed by atoms with van der Waals surface area (Å²) < 4.78 is 1.27. The lowest BCUT2D eigenvalue weighted by atomic mass is 9.97. The van der Waals surface area contributed by atoms with Crippen LogP contribution in [0.4, 0.5) is 0 Å². The Hall–Kier alpha value is -1.46. The van der Waals surface area contributed by atoms with Crippen LogP contribution < -0.4 is 10.2 Å². The van der Waals surface area contributed by atoms with E-state index in [9.17, 15) is 4.79 Å². The second kappa shape index (κ2) is 6.21. The zero-order valence-corrected chi connectivity index (χ0v) is 14.4. The first-order valence-electron chi connectivity index (χ1n) is 8.71. The van der Waals surface area contributed by atoms with E-state index < -0.39 is 0 Å². The van der Waals surface area contributed by atoms with E-state index in [2.05, 4.69) is 36.5 Å². The van der Waals surface area contributed by atoms with Gasteiger partial charge in [0.1, 0.15) is 5.01 Å². The molecule has 5 heteroatoms. The molecule has 4 nitrogen and oxygen atoms in total. The van der Waals surface area contributed by atoms with Gasteiger partial charge in [-0.1, -0.05) is 12.1 Å². The number of hydrogen-bond acceptors (Lipinski definition) is 3. The van der Waals surface area contributed by atoms with Gasteiger partial charge in [0.05, 0.1) is 29.2 Å². The highest BCUT2D eigenvalue weighted by molar-refractivity contribution is 7.18. The summed E-state index contributed by atoms with van der Waals surface area (Å²) in [6.45, 7) is 4.20. The number of fused-ring (bicyclic) bond motifs is 1. The minimum Gasteiger partial charge on any atom is -0.348 e. The van der Waals surface area contributed by atoms with Crippen LogP contribution in [0.15, 0.2) is 24.3 Å². The average molecular weight is 330 g/mol. The maximum Gasteiger partial charge on any atom is 0.278 e. The Kier molecular flexibility index (Phi) is 4.07. The lowest BCUT2D eigenvalue weighted by molar-refractivity contribution is -0.920. The van der Waals surface area contributed by atoms with E-state index in [1.165, 1.54) is 27.4 Å². The predicted molar refractivity (Wildman–Crippen MR) is 92.9 cm³/mol. The third-order valence-corrected chi connectivity index (χ3v) is 6.35. The van der Waals surface area contributed by atoms with E-state index in [0.29, 0.717) is 12.0 Å². The van der Waals surface area contributed by atoms with Gasteiger partial charge in [-0.3, -0.25) is 4.79 Å². The molecule has 1 aromatic heterocycles. The first-order valence-corrected chi connectivity index (χ1v) is 9.53. The molecule has 1 aliphatic carbocycles. The lowest BCUT2D eigenvalue weighted by Crippen LogP contribution is -3.18. The van der Waals surface area contributed by atoms with Crippen molar-refractivity contribution in [3.05, 3.63) is 29.3 Å². The van der Waals surface area contributed by atoms with Gasteiger partial charge in [0.15, 0.2) is 6.04 Å². The molecule has 2 heterocycles. The standard InChI is InChI=1S/C18H23N3OS/c1-12(17(22)19-14-8-9-14)21-10-4-5-13(11-21)18-20-15-6-2-3-7-16(15)23-18/h2-3,6-7,12-14H,4-5,8-11H2,1H3,(H,19,22)/p+1/t12-,13-/m0/s1. The number of para-hydroxylation sites is 1. The molecule has 0 radical (unpaired) electrons. The van der Waals surface area contributed by atoms with E-state index in [4.69, 9.17) is 4.98 Å². The molecule has 1 saturated heterocycles. The fourth-order valence-corrected chi connectivity index (χ4v) is 4.61. The van der Waals surface area contributed by atoms with Crippen molar-refractivity contribution < 1.29 is 9.69 Å². The second-order valence-electron chi connectivity index (χ2n) is 6.98. The number of nitrogens with zero attached hydrogens (tertiary/aromatic N) is 1. The van der Waals surface area contributed by atoms with Crippen molar-refractivity contribution in [3.63, 3.8) is 0 Å². The number of likely N-dealkylation sites (tertiary alicyclic amines) is 1. The topological polar surface area (TPSA) is 46.4 Å². The number of thiazole rings is 1. The van der Waals surface area contributed by atoms with Crippen LogP contribution in [0, 0.1) is 0 Å². The molecular weight excluding hydrogens is 306 g/mol. The summed E-state index contributed by atoms with van der Waals surface area (Å²) in [5.41, 5.74) is 1.11. The van der Waals surface area contributed by atoms with Crippen LogP contribution >= 0.6 is 11.3 Å². The number of carbonyl (C=O) groups excluding carboxylic acids is 1. The van der Waals surface area contributed by atoms with E-state index in [1.807, 2.05) is 11.3 Å². The molecule has 122 valence electrons. The van der Waals surface area contributed by atoms with Gasteiger partial charge in [0.25, 0.3) is 5.91 Å². The lowest BCUT2D eigenvalue weighted by Gasteiger charge is -2.32. The molecule has 4 rings (SSSR count). The van der Waals surface area contributed by atoms with Crippen molar-refractivity contribution in [3.8, 4) is 0 Å². The van der Waals surface area contributed by atoms with Gasteiger partial charge in [0.2, 0.25) is 0 Å². The van der Waals surface area contributed by atoms with Gasteiger partial charge in [-0.05, 0) is 44.7 Å². The number of rotatable bonds is 4. The largest absolute Gasteiger partial charge is 0.348 e. The quantitative estimate of drug-likeness (QED) is 0.897. The summed E-state index contributed by atoms with van der Waals surface area (Å²) in [5, 5.41) is 4.40. The molecule has 2 N–H and O–H groups in total. The van der Waals surface area contributed by atoms with Gasteiger partial charge >= 0.3 is 0 Å². The summed E-state index contributed by atoms with van der Waals surface area (Å²) in [7, 11) is 0. The van der Waals surface area contributed by atoms with Crippen LogP contribution in [0.25, 0.3) is 10.2 Å². The summed E-state index contributed by atoms with van der Waals surface area (Å²) in [6.07, 6.45) is 4.68. The Bertz CT molecular complexity index is 676. The summed E-state index contributed by atoms with van der Waals surface area (Å²) in [5.74, 6) is 0.722. The molecule has 0 bridgehead atoms. The average Bonchev–Trinajstić information content (AvgIpc) is 3.28. The Balaban J connectivity index is 1.46. The Morgan fingerprint density at radius 2 is 2.17 bits per heavy atom. The van der Waals surface area contributed by atoms with Crippen LogP contribution in [-0.2, 0) is 4.79 Å². The van der Waals surface area contributed by atoms with Gasteiger partial charge < -0.3 is 10.2 Å². The molecule has 2 aromatic rings. The van der Waals surface area contributed by atoms with Crippen LogP contribution in [-0.4, -0.2) is 36.1 Å². The van der Waals surface area contributed by atoms with Crippen molar-refractivity contribution in [2.75, 3.05) is 13.1 Å². The molecule has 3 atom stereocenters. The monoisotopic (exact) mass is 330 g/mol. The SMILES string of the molecule is C[C@@H](C(=O)NC1CC1)[NH+]1CCC[C@H](c2nc3ccccc3s2)C1. The summed E-state index contributed by atoms with van der Waals surface area (Å²) in [4.78, 5) is 18.6. The molecule has 1 amide bonds. The van der Waals surface area contributed by atoms with Crippen molar-refractivity contribution >= 4 is 27.5 Å². The molecular formula is C18H24N3OS+. The van der Waals surface area contributed by atoms with Gasteiger partial charge in [-0.2, -0.15) is 0 Å². The highest BCUT2D eigenvalue weighted by atomic mass is 32.1. The van der Waals surface area contributed by atoms with Crippen LogP contribution in [0.3, 0.4) is 0 Å². The van der Waals surface area contributed by atoms with Crippen LogP contribution in [0.2, 0.25) is 0 Å². The minimum absolute atomic E-state index is 0.0489. The molecule has 1 saturated carbocycles. The fourth-order valence-electron chi connectivity index (χ4n) is 3.50. The molecule has 0 spiro atoms. The van der Waals surface area contributed by atoms with Crippen molar-refractivity contribution in [2.24, 2.45) is 0 Å². The van der Waals surface area contributed by atoms with Crippen molar-refractivity contribution in [2.45, 2.75) is 50.6 Å². The molecule has 2 aliphatic rings. The van der Waals surface area contributed by atoms with E-state index in [-0.39, 0.29) is 11.9 Å². The van der Waals surface area contributed by atoms with Crippen LogP contribution in [0.1, 0.15) is 43.5 Å². The highest BCUT2D eigenvalue weighted by Gasteiger charge is 2.35. The number of benzene rings is 1. The maximum absolute atomic E-state index is 12.3. The molecule has 2 fully saturated rings. The summed E-state index contributed by atoms with van der Waals surface area (Å²) >= 11 is 1.82. The fraction of sp³-hybridized carbons (Fsp3) is 0.556. The number of amides is 1. The number of quaternary nitrogens is 1. The Morgan fingerprint density at radius 3 is 2.96 bits per heavy atom. The van der Waals surface area contributed by atoms with Gasteiger partial charge in [-0.25, -0.2) is 4.98 Å².